The van der Waals surface area contributed by atoms with Crippen LogP contribution in [0.1, 0.15) is 68.9 Å². The predicted molar refractivity (Wildman–Crippen MR) is 136 cm³/mol. The van der Waals surface area contributed by atoms with E-state index in [4.69, 9.17) is 14.5 Å². The highest BCUT2D eigenvalue weighted by Crippen LogP contribution is 2.41. The molecule has 194 valence electrons. The number of pyridine rings is 2. The highest BCUT2D eigenvalue weighted by atomic mass is 19.1. The first kappa shape index (κ1) is 24.9. The van der Waals surface area contributed by atoms with Crippen molar-refractivity contribution in [2.75, 3.05) is 0 Å². The van der Waals surface area contributed by atoms with Gasteiger partial charge in [-0.25, -0.2) is 14.2 Å². The number of carbonyl (C=O) groups is 2. The standard InChI is InChI=1S/C28H30FN3O5/c1-7-28(6)19-9-22-23-17(12-32(22)24(33)18(19)13-36-25(28)34)16(11-30-26(35)37-27(3,4)5)15-8-14(2)20(29)10-21(15)31-23/h8-10H,7,11-13H2,1-6H3,(H,30,35)/t28-/m1/s1. The van der Waals surface area contributed by atoms with E-state index in [0.717, 1.165) is 11.1 Å². The van der Waals surface area contributed by atoms with Crippen LogP contribution in [0.3, 0.4) is 0 Å². The van der Waals surface area contributed by atoms with Crippen LogP contribution in [-0.2, 0) is 39.4 Å². The smallest absolute Gasteiger partial charge is 0.407 e. The van der Waals surface area contributed by atoms with Gasteiger partial charge in [-0.1, -0.05) is 6.92 Å². The lowest BCUT2D eigenvalue weighted by Gasteiger charge is -2.33. The highest BCUT2D eigenvalue weighted by Gasteiger charge is 2.43. The summed E-state index contributed by atoms with van der Waals surface area (Å²) in [6.07, 6.45) is -0.113. The summed E-state index contributed by atoms with van der Waals surface area (Å²) in [5.41, 5.74) is 2.70. The molecule has 0 unspecified atom stereocenters. The number of nitrogens with zero attached hydrogens (tertiary/aromatic N) is 2. The number of esters is 1. The Bertz CT molecular complexity index is 1550. The number of fused-ring (bicyclic) bond motifs is 5. The molecule has 0 fully saturated rings. The Balaban J connectivity index is 1.70. The summed E-state index contributed by atoms with van der Waals surface area (Å²) in [4.78, 5) is 43.5. The summed E-state index contributed by atoms with van der Waals surface area (Å²) in [6.45, 7) is 10.9. The van der Waals surface area contributed by atoms with Gasteiger partial charge in [0.15, 0.2) is 0 Å². The molecule has 0 aliphatic carbocycles. The van der Waals surface area contributed by atoms with Gasteiger partial charge in [-0.3, -0.25) is 9.59 Å². The molecule has 0 saturated carbocycles. The molecule has 2 aliphatic heterocycles. The summed E-state index contributed by atoms with van der Waals surface area (Å²) >= 11 is 0. The van der Waals surface area contributed by atoms with E-state index in [-0.39, 0.29) is 31.2 Å². The van der Waals surface area contributed by atoms with Crippen molar-refractivity contribution in [2.24, 2.45) is 0 Å². The summed E-state index contributed by atoms with van der Waals surface area (Å²) in [5, 5.41) is 3.49. The molecule has 0 saturated heterocycles. The zero-order valence-corrected chi connectivity index (χ0v) is 21.9. The van der Waals surface area contributed by atoms with Crippen LogP contribution in [0, 0.1) is 12.7 Å². The molecule has 1 aromatic carbocycles. The van der Waals surface area contributed by atoms with Crippen LogP contribution in [-0.4, -0.2) is 27.2 Å². The number of amides is 1. The Morgan fingerprint density at radius 2 is 1.97 bits per heavy atom. The highest BCUT2D eigenvalue weighted by molar-refractivity contribution is 5.90. The van der Waals surface area contributed by atoms with Gasteiger partial charge in [0, 0.05) is 23.6 Å². The van der Waals surface area contributed by atoms with Crippen LogP contribution in [0.4, 0.5) is 9.18 Å². The zero-order valence-electron chi connectivity index (χ0n) is 21.9. The number of alkyl carbamates (subject to hydrolysis) is 1. The van der Waals surface area contributed by atoms with E-state index in [9.17, 15) is 18.8 Å². The molecule has 1 N–H and O–H groups in total. The number of carbonyl (C=O) groups excluding carboxylic acids is 2. The molecular weight excluding hydrogens is 477 g/mol. The van der Waals surface area contributed by atoms with Gasteiger partial charge >= 0.3 is 12.1 Å². The number of hydrogen-bond acceptors (Lipinski definition) is 6. The Labute approximate surface area is 213 Å². The number of cyclic esters (lactones) is 1. The molecule has 4 heterocycles. The number of nitrogens with one attached hydrogen (secondary N) is 1. The molecule has 1 atom stereocenters. The first-order valence-electron chi connectivity index (χ1n) is 12.4. The zero-order chi connectivity index (χ0) is 26.9. The SMILES string of the molecule is CC[C@@]1(C)C(=O)OCc2c1cc1n(c2=O)Cc2c-1nc1cc(F)c(C)cc1c2CNC(=O)OC(C)(C)C. The second-order valence-corrected chi connectivity index (χ2v) is 11.0. The Morgan fingerprint density at radius 3 is 2.65 bits per heavy atom. The third-order valence-electron chi connectivity index (χ3n) is 7.35. The molecule has 37 heavy (non-hydrogen) atoms. The summed E-state index contributed by atoms with van der Waals surface area (Å²) in [7, 11) is 0. The summed E-state index contributed by atoms with van der Waals surface area (Å²) < 4.78 is 27.0. The fourth-order valence-corrected chi connectivity index (χ4v) is 5.13. The quantitative estimate of drug-likeness (QED) is 0.406. The lowest BCUT2D eigenvalue weighted by atomic mass is 9.76. The predicted octanol–water partition coefficient (Wildman–Crippen LogP) is 4.62. The minimum absolute atomic E-state index is 0.0773. The minimum atomic E-state index is -0.952. The van der Waals surface area contributed by atoms with Crippen molar-refractivity contribution >= 4 is 23.0 Å². The normalized spacial score (nSPS) is 18.2. The number of ether oxygens (including phenoxy) is 2. The van der Waals surface area contributed by atoms with E-state index in [0.29, 0.717) is 45.4 Å². The number of aromatic nitrogens is 2. The van der Waals surface area contributed by atoms with E-state index in [2.05, 4.69) is 5.32 Å². The van der Waals surface area contributed by atoms with E-state index >= 15 is 0 Å². The van der Waals surface area contributed by atoms with Crippen molar-refractivity contribution < 1.29 is 23.5 Å². The van der Waals surface area contributed by atoms with E-state index < -0.39 is 22.9 Å². The maximum absolute atomic E-state index is 14.6. The lowest BCUT2D eigenvalue weighted by molar-refractivity contribution is -0.153. The first-order chi connectivity index (χ1) is 17.3. The second kappa shape index (κ2) is 8.39. The molecule has 1 amide bonds. The topological polar surface area (TPSA) is 99.5 Å². The molecule has 0 bridgehead atoms. The van der Waals surface area contributed by atoms with Crippen molar-refractivity contribution in [1.29, 1.82) is 0 Å². The van der Waals surface area contributed by atoms with Gasteiger partial charge in [0.1, 0.15) is 18.0 Å². The van der Waals surface area contributed by atoms with Gasteiger partial charge < -0.3 is 19.4 Å². The number of halogens is 1. The number of hydrogen-bond donors (Lipinski definition) is 1. The Hall–Kier alpha value is -3.75. The van der Waals surface area contributed by atoms with Crippen molar-refractivity contribution in [3.8, 4) is 11.4 Å². The van der Waals surface area contributed by atoms with Crippen LogP contribution in [0.5, 0.6) is 0 Å². The Morgan fingerprint density at radius 1 is 1.24 bits per heavy atom. The minimum Gasteiger partial charge on any atom is -0.460 e. The van der Waals surface area contributed by atoms with Gasteiger partial charge in [0.25, 0.3) is 5.56 Å². The molecule has 9 heteroatoms. The lowest BCUT2D eigenvalue weighted by Crippen LogP contribution is -2.42. The first-order valence-corrected chi connectivity index (χ1v) is 12.4. The number of rotatable bonds is 3. The van der Waals surface area contributed by atoms with E-state index in [1.54, 1.807) is 45.3 Å². The third-order valence-corrected chi connectivity index (χ3v) is 7.35. The van der Waals surface area contributed by atoms with E-state index in [1.807, 2.05) is 13.0 Å². The van der Waals surface area contributed by atoms with Gasteiger partial charge in [-0.15, -0.1) is 0 Å². The molecule has 5 rings (SSSR count). The van der Waals surface area contributed by atoms with Crippen molar-refractivity contribution in [1.82, 2.24) is 14.9 Å². The molecule has 0 radical (unpaired) electrons. The van der Waals surface area contributed by atoms with Gasteiger partial charge in [0.2, 0.25) is 0 Å². The average molecular weight is 508 g/mol. The maximum Gasteiger partial charge on any atom is 0.407 e. The largest absolute Gasteiger partial charge is 0.460 e. The number of aryl methyl sites for hydroxylation is 1. The Kier molecular flexibility index (Phi) is 5.65. The molecule has 2 aliphatic rings. The van der Waals surface area contributed by atoms with Crippen LogP contribution < -0.4 is 10.9 Å². The number of benzene rings is 1. The van der Waals surface area contributed by atoms with Crippen LogP contribution in [0.15, 0.2) is 23.0 Å². The fraction of sp³-hybridized carbons (Fsp3) is 0.429. The van der Waals surface area contributed by atoms with Gasteiger partial charge in [0.05, 0.1) is 34.4 Å². The third kappa shape index (κ3) is 3.97. The molecule has 8 nitrogen and oxygen atoms in total. The van der Waals surface area contributed by atoms with Crippen LogP contribution in [0.25, 0.3) is 22.3 Å². The van der Waals surface area contributed by atoms with E-state index in [1.165, 1.54) is 6.07 Å². The van der Waals surface area contributed by atoms with Crippen LogP contribution in [0.2, 0.25) is 0 Å². The molecule has 0 spiro atoms. The van der Waals surface area contributed by atoms with Gasteiger partial charge in [-0.2, -0.15) is 0 Å². The maximum atomic E-state index is 14.6. The molecule has 2 aromatic heterocycles. The average Bonchev–Trinajstić information content (AvgIpc) is 3.18. The molecule has 3 aromatic rings. The summed E-state index contributed by atoms with van der Waals surface area (Å²) in [5.74, 6) is -0.760. The second-order valence-electron chi connectivity index (χ2n) is 11.0. The summed E-state index contributed by atoms with van der Waals surface area (Å²) in [6, 6.07) is 4.93. The van der Waals surface area contributed by atoms with Crippen LogP contribution >= 0.6 is 0 Å². The van der Waals surface area contributed by atoms with Gasteiger partial charge in [-0.05, 0) is 69.9 Å². The fourth-order valence-electron chi connectivity index (χ4n) is 5.13. The monoisotopic (exact) mass is 507 g/mol. The van der Waals surface area contributed by atoms with Crippen molar-refractivity contribution in [3.05, 3.63) is 62.2 Å². The van der Waals surface area contributed by atoms with Crippen molar-refractivity contribution in [2.45, 2.75) is 78.7 Å². The molecular formula is C28H30FN3O5. The van der Waals surface area contributed by atoms with Crippen molar-refractivity contribution in [3.63, 3.8) is 0 Å².